The Morgan fingerprint density at radius 2 is 2.15 bits per heavy atom. The van der Waals surface area contributed by atoms with Crippen LogP contribution in [0.5, 0.6) is 0 Å². The first-order valence-electron chi connectivity index (χ1n) is 6.72. The van der Waals surface area contributed by atoms with Gasteiger partial charge in [0, 0.05) is 25.6 Å². The number of carbonyl (C=O) groups excluding carboxylic acids is 1. The summed E-state index contributed by atoms with van der Waals surface area (Å²) in [5.41, 5.74) is 0.492. The Hall–Kier alpha value is -0.810. The molecule has 0 aliphatic carbocycles. The van der Waals surface area contributed by atoms with Crippen molar-refractivity contribution < 1.29 is 4.79 Å². The van der Waals surface area contributed by atoms with Gasteiger partial charge in [-0.15, -0.1) is 0 Å². The van der Waals surface area contributed by atoms with Crippen LogP contribution >= 0.6 is 23.2 Å². The molecule has 1 heterocycles. The third kappa shape index (κ3) is 4.09. The Morgan fingerprint density at radius 3 is 2.75 bits per heavy atom. The summed E-state index contributed by atoms with van der Waals surface area (Å²) in [6.07, 6.45) is 1.56. The summed E-state index contributed by atoms with van der Waals surface area (Å²) < 4.78 is 0. The summed E-state index contributed by atoms with van der Waals surface area (Å²) in [4.78, 5) is 14.2. The summed E-state index contributed by atoms with van der Waals surface area (Å²) in [7, 11) is 2.05. The number of carbonyl (C=O) groups is 1. The van der Waals surface area contributed by atoms with Crippen LogP contribution in [0.2, 0.25) is 10.0 Å². The van der Waals surface area contributed by atoms with Gasteiger partial charge in [-0.05, 0) is 32.1 Å². The van der Waals surface area contributed by atoms with Crippen molar-refractivity contribution in [3.05, 3.63) is 28.2 Å². The monoisotopic (exact) mass is 315 g/mol. The quantitative estimate of drug-likeness (QED) is 0.878. The number of amides is 1. The molecule has 1 saturated heterocycles. The van der Waals surface area contributed by atoms with Crippen molar-refractivity contribution in [2.24, 2.45) is 0 Å². The molecular weight excluding hydrogens is 297 g/mol. The van der Waals surface area contributed by atoms with Crippen LogP contribution in [0.3, 0.4) is 0 Å². The van der Waals surface area contributed by atoms with E-state index in [9.17, 15) is 4.79 Å². The Labute approximate surface area is 129 Å². The van der Waals surface area contributed by atoms with Crippen LogP contribution in [0.15, 0.2) is 18.2 Å². The molecule has 110 valence electrons. The number of nitrogens with one attached hydrogen (secondary N) is 2. The van der Waals surface area contributed by atoms with Gasteiger partial charge in [-0.3, -0.25) is 4.79 Å². The molecule has 0 radical (unpaired) electrons. The second kappa shape index (κ2) is 7.27. The predicted molar refractivity (Wildman–Crippen MR) is 83.6 cm³/mol. The lowest BCUT2D eigenvalue weighted by Crippen LogP contribution is -2.35. The largest absolute Gasteiger partial charge is 0.324 e. The molecule has 1 aromatic rings. The first kappa shape index (κ1) is 15.6. The van der Waals surface area contributed by atoms with E-state index >= 15 is 0 Å². The summed E-state index contributed by atoms with van der Waals surface area (Å²) >= 11 is 12.0. The molecule has 20 heavy (non-hydrogen) atoms. The highest BCUT2D eigenvalue weighted by atomic mass is 35.5. The average Bonchev–Trinajstić information content (AvgIpc) is 2.94. The third-order valence-electron chi connectivity index (χ3n) is 3.58. The van der Waals surface area contributed by atoms with Gasteiger partial charge in [0.25, 0.3) is 0 Å². The van der Waals surface area contributed by atoms with E-state index in [0.29, 0.717) is 28.2 Å². The van der Waals surface area contributed by atoms with Crippen molar-refractivity contribution in [1.82, 2.24) is 10.2 Å². The maximum Gasteiger partial charge on any atom is 0.225 e. The van der Waals surface area contributed by atoms with Crippen molar-refractivity contribution in [3.63, 3.8) is 0 Å². The smallest absolute Gasteiger partial charge is 0.225 e. The molecule has 1 aliphatic rings. The van der Waals surface area contributed by atoms with Crippen molar-refractivity contribution in [2.75, 3.05) is 32.0 Å². The Morgan fingerprint density at radius 1 is 1.45 bits per heavy atom. The van der Waals surface area contributed by atoms with Crippen molar-refractivity contribution >= 4 is 34.8 Å². The van der Waals surface area contributed by atoms with Gasteiger partial charge >= 0.3 is 0 Å². The van der Waals surface area contributed by atoms with E-state index in [1.54, 1.807) is 18.2 Å². The molecule has 1 aliphatic heterocycles. The van der Waals surface area contributed by atoms with Crippen molar-refractivity contribution in [2.45, 2.75) is 18.9 Å². The van der Waals surface area contributed by atoms with Gasteiger partial charge in [0.2, 0.25) is 5.91 Å². The first-order chi connectivity index (χ1) is 9.58. The van der Waals surface area contributed by atoms with Crippen LogP contribution in [0.4, 0.5) is 5.69 Å². The number of anilines is 1. The lowest BCUT2D eigenvalue weighted by molar-refractivity contribution is -0.116. The van der Waals surface area contributed by atoms with Gasteiger partial charge in [-0.2, -0.15) is 0 Å². The maximum atomic E-state index is 12.0. The zero-order chi connectivity index (χ0) is 14.5. The minimum atomic E-state index is -0.0715. The van der Waals surface area contributed by atoms with Crippen LogP contribution in [-0.2, 0) is 4.79 Å². The molecule has 1 aromatic carbocycles. The molecular formula is C14H19Cl2N3O. The van der Waals surface area contributed by atoms with E-state index in [4.69, 9.17) is 23.2 Å². The summed E-state index contributed by atoms with van der Waals surface area (Å²) in [6, 6.07) is 5.69. The number of rotatable bonds is 5. The number of nitrogens with zero attached hydrogens (tertiary/aromatic N) is 1. The zero-order valence-electron chi connectivity index (χ0n) is 11.5. The molecule has 0 saturated carbocycles. The van der Waals surface area contributed by atoms with Crippen LogP contribution in [0, 0.1) is 0 Å². The molecule has 0 spiro atoms. The number of hydrogen-bond acceptors (Lipinski definition) is 3. The SMILES string of the molecule is CN(CCC(=O)Nc1c(Cl)cccc1Cl)C1CCNC1. The van der Waals surface area contributed by atoms with Gasteiger partial charge in [-0.1, -0.05) is 29.3 Å². The van der Waals surface area contributed by atoms with Gasteiger partial charge in [0.1, 0.15) is 0 Å². The summed E-state index contributed by atoms with van der Waals surface area (Å²) in [5, 5.41) is 7.01. The highest BCUT2D eigenvalue weighted by Gasteiger charge is 2.19. The molecule has 0 aromatic heterocycles. The standard InChI is InChI=1S/C14H19Cl2N3O/c1-19(10-5-7-17-9-10)8-6-13(20)18-14-11(15)3-2-4-12(14)16/h2-4,10,17H,5-9H2,1H3,(H,18,20). The summed E-state index contributed by atoms with van der Waals surface area (Å²) in [6.45, 7) is 2.77. The minimum Gasteiger partial charge on any atom is -0.324 e. The molecule has 1 amide bonds. The Kier molecular flexibility index (Phi) is 5.66. The molecule has 2 N–H and O–H groups in total. The van der Waals surface area contributed by atoms with E-state index in [1.165, 1.54) is 0 Å². The van der Waals surface area contributed by atoms with Gasteiger partial charge in [-0.25, -0.2) is 0 Å². The van der Waals surface area contributed by atoms with Crippen molar-refractivity contribution in [1.29, 1.82) is 0 Å². The second-order valence-electron chi connectivity index (χ2n) is 5.02. The number of hydrogen-bond donors (Lipinski definition) is 2. The van der Waals surface area contributed by atoms with Gasteiger partial charge < -0.3 is 15.5 Å². The normalized spacial score (nSPS) is 18.5. The highest BCUT2D eigenvalue weighted by molar-refractivity contribution is 6.39. The molecule has 1 fully saturated rings. The fourth-order valence-electron chi connectivity index (χ4n) is 2.30. The number of halogens is 2. The van der Waals surface area contributed by atoms with E-state index in [2.05, 4.69) is 15.5 Å². The summed E-state index contributed by atoms with van der Waals surface area (Å²) in [5.74, 6) is -0.0715. The fraction of sp³-hybridized carbons (Fsp3) is 0.500. The zero-order valence-corrected chi connectivity index (χ0v) is 13.0. The average molecular weight is 316 g/mol. The van der Waals surface area contributed by atoms with Crippen LogP contribution in [0.25, 0.3) is 0 Å². The van der Waals surface area contributed by atoms with Crippen LogP contribution < -0.4 is 10.6 Å². The molecule has 1 atom stereocenters. The van der Waals surface area contributed by atoms with E-state index in [0.717, 1.165) is 26.1 Å². The van der Waals surface area contributed by atoms with E-state index < -0.39 is 0 Å². The maximum absolute atomic E-state index is 12.0. The Balaban J connectivity index is 1.83. The number of para-hydroxylation sites is 1. The third-order valence-corrected chi connectivity index (χ3v) is 4.21. The van der Waals surface area contributed by atoms with E-state index in [-0.39, 0.29) is 5.91 Å². The van der Waals surface area contributed by atoms with E-state index in [1.807, 2.05) is 7.05 Å². The number of likely N-dealkylation sites (N-methyl/N-ethyl adjacent to an activating group) is 1. The lowest BCUT2D eigenvalue weighted by Gasteiger charge is -2.23. The first-order valence-corrected chi connectivity index (χ1v) is 7.48. The van der Waals surface area contributed by atoms with Gasteiger partial charge in [0.05, 0.1) is 15.7 Å². The Bertz CT molecular complexity index is 455. The fourth-order valence-corrected chi connectivity index (χ4v) is 2.79. The molecule has 1 unspecified atom stereocenters. The molecule has 0 bridgehead atoms. The van der Waals surface area contributed by atoms with Crippen molar-refractivity contribution in [3.8, 4) is 0 Å². The van der Waals surface area contributed by atoms with Gasteiger partial charge in [0.15, 0.2) is 0 Å². The molecule has 2 rings (SSSR count). The minimum absolute atomic E-state index is 0.0715. The van der Waals surface area contributed by atoms with Crippen LogP contribution in [-0.4, -0.2) is 43.5 Å². The topological polar surface area (TPSA) is 44.4 Å². The molecule has 6 heteroatoms. The number of benzene rings is 1. The highest BCUT2D eigenvalue weighted by Crippen LogP contribution is 2.29. The predicted octanol–water partition coefficient (Wildman–Crippen LogP) is 2.62. The molecule has 4 nitrogen and oxygen atoms in total. The lowest BCUT2D eigenvalue weighted by atomic mass is 10.2. The second-order valence-corrected chi connectivity index (χ2v) is 5.84. The van der Waals surface area contributed by atoms with Crippen LogP contribution in [0.1, 0.15) is 12.8 Å².